The number of hydrogen-bond acceptors (Lipinski definition) is 7. The van der Waals surface area contributed by atoms with Crippen LogP contribution in [-0.2, 0) is 9.53 Å². The molecule has 0 unspecified atom stereocenters. The molecular formula is C13H12N2O3S2. The molecule has 20 heavy (non-hydrogen) atoms. The van der Waals surface area contributed by atoms with E-state index in [1.54, 1.807) is 25.1 Å². The number of aromatic hydroxyl groups is 1. The van der Waals surface area contributed by atoms with Crippen molar-refractivity contribution in [2.75, 3.05) is 12.4 Å². The molecule has 1 aromatic heterocycles. The van der Waals surface area contributed by atoms with Crippen LogP contribution in [0.1, 0.15) is 11.9 Å². The summed E-state index contributed by atoms with van der Waals surface area (Å²) in [5.74, 6) is 0.530. The third-order valence-electron chi connectivity index (χ3n) is 2.76. The van der Waals surface area contributed by atoms with Crippen LogP contribution in [0.4, 0.5) is 0 Å². The number of esters is 1. The first-order valence-corrected chi connectivity index (χ1v) is 7.94. The van der Waals surface area contributed by atoms with Crippen LogP contribution < -0.4 is 0 Å². The molecule has 3 rings (SSSR count). The van der Waals surface area contributed by atoms with Gasteiger partial charge in [-0.15, -0.1) is 23.1 Å². The number of hydrogen-bond donors (Lipinski definition) is 1. The molecule has 0 saturated heterocycles. The molecule has 7 heteroatoms. The van der Waals surface area contributed by atoms with E-state index in [0.29, 0.717) is 12.4 Å². The molecule has 1 aliphatic rings. The molecule has 0 fully saturated rings. The SMILES string of the molecule is CCOC(=O)[C@H]1CSC(c2nc3ccc(O)cc3s2)=N1. The minimum atomic E-state index is -0.435. The number of rotatable bonds is 3. The van der Waals surface area contributed by atoms with Crippen LogP contribution in [-0.4, -0.2) is 39.5 Å². The maximum absolute atomic E-state index is 11.6. The van der Waals surface area contributed by atoms with Gasteiger partial charge < -0.3 is 9.84 Å². The first kappa shape index (κ1) is 13.4. The number of benzene rings is 1. The van der Waals surface area contributed by atoms with Crippen molar-refractivity contribution < 1.29 is 14.6 Å². The van der Waals surface area contributed by atoms with Gasteiger partial charge in [0, 0.05) is 5.75 Å². The van der Waals surface area contributed by atoms with Crippen LogP contribution in [0.2, 0.25) is 0 Å². The summed E-state index contributed by atoms with van der Waals surface area (Å²) in [4.78, 5) is 20.5. The van der Waals surface area contributed by atoms with Crippen molar-refractivity contribution in [2.24, 2.45) is 4.99 Å². The maximum atomic E-state index is 11.6. The highest BCUT2D eigenvalue weighted by atomic mass is 32.2. The molecule has 0 radical (unpaired) electrons. The van der Waals surface area contributed by atoms with Crippen molar-refractivity contribution in [3.8, 4) is 5.75 Å². The number of carbonyl (C=O) groups excluding carboxylic acids is 1. The number of phenols is 1. The average molecular weight is 308 g/mol. The Morgan fingerprint density at radius 1 is 1.55 bits per heavy atom. The molecule has 104 valence electrons. The minimum Gasteiger partial charge on any atom is -0.508 e. The molecule has 1 aliphatic heterocycles. The molecular weight excluding hydrogens is 296 g/mol. The third kappa shape index (κ3) is 2.51. The zero-order chi connectivity index (χ0) is 14.1. The normalized spacial score (nSPS) is 18.2. The Hall–Kier alpha value is -1.60. The predicted molar refractivity (Wildman–Crippen MR) is 80.7 cm³/mol. The Labute approximate surface area is 123 Å². The Bertz CT molecular complexity index is 696. The van der Waals surface area contributed by atoms with Gasteiger partial charge in [-0.2, -0.15) is 0 Å². The molecule has 2 heterocycles. The van der Waals surface area contributed by atoms with Gasteiger partial charge in [0.15, 0.2) is 6.04 Å². The number of thiazole rings is 1. The van der Waals surface area contributed by atoms with Crippen molar-refractivity contribution in [1.29, 1.82) is 0 Å². The lowest BCUT2D eigenvalue weighted by Gasteiger charge is -2.03. The zero-order valence-corrected chi connectivity index (χ0v) is 12.3. The van der Waals surface area contributed by atoms with Crippen molar-refractivity contribution in [3.05, 3.63) is 23.2 Å². The fourth-order valence-electron chi connectivity index (χ4n) is 1.85. The van der Waals surface area contributed by atoms with Gasteiger partial charge in [0.2, 0.25) is 0 Å². The van der Waals surface area contributed by atoms with Crippen molar-refractivity contribution in [2.45, 2.75) is 13.0 Å². The van der Waals surface area contributed by atoms with Gasteiger partial charge in [0.25, 0.3) is 0 Å². The van der Waals surface area contributed by atoms with Crippen molar-refractivity contribution in [3.63, 3.8) is 0 Å². The van der Waals surface area contributed by atoms with E-state index in [-0.39, 0.29) is 11.7 Å². The lowest BCUT2D eigenvalue weighted by atomic mass is 10.3. The van der Waals surface area contributed by atoms with Crippen LogP contribution in [0.5, 0.6) is 5.75 Å². The summed E-state index contributed by atoms with van der Waals surface area (Å²) < 4.78 is 5.88. The van der Waals surface area contributed by atoms with Gasteiger partial charge in [-0.3, -0.25) is 4.99 Å². The monoisotopic (exact) mass is 308 g/mol. The third-order valence-corrected chi connectivity index (χ3v) is 4.97. The fraction of sp³-hybridized carbons (Fsp3) is 0.308. The molecule has 0 spiro atoms. The molecule has 0 saturated carbocycles. The van der Waals surface area contributed by atoms with Crippen LogP contribution in [0, 0.1) is 0 Å². The molecule has 2 aromatic rings. The van der Waals surface area contributed by atoms with E-state index in [2.05, 4.69) is 9.98 Å². The quantitative estimate of drug-likeness (QED) is 0.882. The van der Waals surface area contributed by atoms with E-state index in [1.807, 2.05) is 0 Å². The van der Waals surface area contributed by atoms with E-state index in [4.69, 9.17) is 4.74 Å². The Morgan fingerprint density at radius 2 is 2.40 bits per heavy atom. The molecule has 1 N–H and O–H groups in total. The summed E-state index contributed by atoms with van der Waals surface area (Å²) in [6.45, 7) is 2.15. The highest BCUT2D eigenvalue weighted by Crippen LogP contribution is 2.31. The van der Waals surface area contributed by atoms with Crippen LogP contribution in [0.3, 0.4) is 0 Å². The number of ether oxygens (including phenoxy) is 1. The number of fused-ring (bicyclic) bond motifs is 1. The standard InChI is InChI=1S/C13H12N2O3S2/c1-2-18-13(17)9-6-19-11(15-9)12-14-8-4-3-7(16)5-10(8)20-12/h3-5,9,16H,2,6H2,1H3/t9-/m1/s1. The first-order valence-electron chi connectivity index (χ1n) is 6.14. The molecule has 0 amide bonds. The van der Waals surface area contributed by atoms with Crippen LogP contribution >= 0.6 is 23.1 Å². The molecule has 0 aliphatic carbocycles. The number of carbonyl (C=O) groups is 1. The van der Waals surface area contributed by atoms with Gasteiger partial charge >= 0.3 is 5.97 Å². The fourth-order valence-corrected chi connectivity index (χ4v) is 3.94. The number of thioether (sulfide) groups is 1. The van der Waals surface area contributed by atoms with Gasteiger partial charge in [-0.05, 0) is 25.1 Å². The van der Waals surface area contributed by atoms with Crippen LogP contribution in [0.25, 0.3) is 10.2 Å². The van der Waals surface area contributed by atoms with Crippen molar-refractivity contribution >= 4 is 44.3 Å². The van der Waals surface area contributed by atoms with Gasteiger partial charge in [0.1, 0.15) is 15.8 Å². The largest absolute Gasteiger partial charge is 0.508 e. The maximum Gasteiger partial charge on any atom is 0.331 e. The summed E-state index contributed by atoms with van der Waals surface area (Å²) in [5.41, 5.74) is 0.825. The Kier molecular flexibility index (Phi) is 3.62. The Balaban J connectivity index is 1.88. The van der Waals surface area contributed by atoms with Crippen LogP contribution in [0.15, 0.2) is 23.2 Å². The Morgan fingerprint density at radius 3 is 3.20 bits per heavy atom. The summed E-state index contributed by atoms with van der Waals surface area (Å²) in [7, 11) is 0. The summed E-state index contributed by atoms with van der Waals surface area (Å²) in [6.07, 6.45) is 0. The molecule has 0 bridgehead atoms. The number of phenolic OH excluding ortho intramolecular Hbond substituents is 1. The molecule has 1 aromatic carbocycles. The zero-order valence-electron chi connectivity index (χ0n) is 10.7. The number of aliphatic imine (C=N–C) groups is 1. The summed E-state index contributed by atoms with van der Waals surface area (Å²) in [5, 5.41) is 11.0. The second kappa shape index (κ2) is 5.41. The first-order chi connectivity index (χ1) is 9.67. The molecule has 5 nitrogen and oxygen atoms in total. The van der Waals surface area contributed by atoms with E-state index in [0.717, 1.165) is 20.3 Å². The lowest BCUT2D eigenvalue weighted by molar-refractivity contribution is -0.143. The summed E-state index contributed by atoms with van der Waals surface area (Å²) in [6, 6.07) is 4.62. The number of nitrogens with zero attached hydrogens (tertiary/aromatic N) is 2. The lowest BCUT2D eigenvalue weighted by Crippen LogP contribution is -2.21. The highest BCUT2D eigenvalue weighted by molar-refractivity contribution is 8.15. The van der Waals surface area contributed by atoms with E-state index < -0.39 is 6.04 Å². The second-order valence-electron chi connectivity index (χ2n) is 4.18. The number of aromatic nitrogens is 1. The average Bonchev–Trinajstić information content (AvgIpc) is 3.04. The van der Waals surface area contributed by atoms with Gasteiger partial charge in [-0.25, -0.2) is 9.78 Å². The van der Waals surface area contributed by atoms with E-state index >= 15 is 0 Å². The van der Waals surface area contributed by atoms with Gasteiger partial charge in [0.05, 0.1) is 16.8 Å². The van der Waals surface area contributed by atoms with E-state index in [9.17, 15) is 9.90 Å². The topological polar surface area (TPSA) is 71.8 Å². The predicted octanol–water partition coefficient (Wildman–Crippen LogP) is 2.43. The minimum absolute atomic E-state index is 0.220. The summed E-state index contributed by atoms with van der Waals surface area (Å²) >= 11 is 2.97. The van der Waals surface area contributed by atoms with Gasteiger partial charge in [-0.1, -0.05) is 0 Å². The molecule has 1 atom stereocenters. The second-order valence-corrected chi connectivity index (χ2v) is 6.22. The van der Waals surface area contributed by atoms with Crippen molar-refractivity contribution in [1.82, 2.24) is 4.98 Å². The smallest absolute Gasteiger partial charge is 0.331 e. The highest BCUT2D eigenvalue weighted by Gasteiger charge is 2.28. The van der Waals surface area contributed by atoms with E-state index in [1.165, 1.54) is 23.1 Å².